The monoisotopic (exact) mass is 641 g/mol. The third-order valence-corrected chi connectivity index (χ3v) is 8.60. The predicted octanol–water partition coefficient (Wildman–Crippen LogP) is -0.691. The number of H-pyrrole nitrogens is 1. The van der Waals surface area contributed by atoms with E-state index in [-0.39, 0.29) is 50.5 Å². The molecule has 0 saturated carbocycles. The largest absolute Gasteiger partial charge is 0.492 e. The maximum atomic E-state index is 12.2. The van der Waals surface area contributed by atoms with Crippen molar-refractivity contribution in [2.75, 3.05) is 32.2 Å². The van der Waals surface area contributed by atoms with Crippen molar-refractivity contribution in [3.05, 3.63) is 29.3 Å². The van der Waals surface area contributed by atoms with Crippen LogP contribution in [-0.4, -0.2) is 112 Å². The van der Waals surface area contributed by atoms with Crippen LogP contribution in [0, 0.1) is 5.92 Å². The lowest BCUT2D eigenvalue weighted by Gasteiger charge is -2.21. The molecule has 2 fully saturated rings. The maximum absolute atomic E-state index is 12.2. The van der Waals surface area contributed by atoms with Gasteiger partial charge in [-0.05, 0) is 0 Å². The summed E-state index contributed by atoms with van der Waals surface area (Å²) in [6, 6.07) is 0. The summed E-state index contributed by atoms with van der Waals surface area (Å²) in [6.45, 7) is 0.282. The molecule has 0 spiro atoms. The molecule has 2 aliphatic heterocycles. The van der Waals surface area contributed by atoms with Crippen molar-refractivity contribution >= 4 is 46.6 Å². The first-order valence-electron chi connectivity index (χ1n) is 12.9. The molecule has 2 aliphatic rings. The fourth-order valence-corrected chi connectivity index (χ4v) is 6.54. The number of anilines is 1. The van der Waals surface area contributed by atoms with Gasteiger partial charge >= 0.3 is 0 Å². The van der Waals surface area contributed by atoms with Gasteiger partial charge in [-0.25, -0.2) is 19.8 Å². The molecule has 6 rings (SSSR count). The van der Waals surface area contributed by atoms with E-state index in [0.29, 0.717) is 11.8 Å². The van der Waals surface area contributed by atoms with Gasteiger partial charge in [-0.15, -0.1) is 0 Å². The molecule has 4 aromatic rings. The van der Waals surface area contributed by atoms with Gasteiger partial charge in [0.15, 0.2) is 40.9 Å². The highest BCUT2D eigenvalue weighted by Gasteiger charge is 2.48. The number of imidazole rings is 2. The first-order valence-corrected chi connectivity index (χ1v) is 14.5. The van der Waals surface area contributed by atoms with Crippen LogP contribution in [0.25, 0.3) is 22.3 Å². The van der Waals surface area contributed by atoms with Crippen LogP contribution in [0.1, 0.15) is 12.5 Å². The number of nitrogens with two attached hydrogens (primary N) is 1. The van der Waals surface area contributed by atoms with Crippen molar-refractivity contribution in [2.45, 2.75) is 43.0 Å². The van der Waals surface area contributed by atoms with Gasteiger partial charge in [0.25, 0.3) is 5.56 Å². The van der Waals surface area contributed by atoms with Crippen LogP contribution >= 0.6 is 18.3 Å². The number of nitrogens with one attached hydrogen (secondary N) is 1. The fraction of sp³-hybridized carbons (Fsp3) is 0.545. The molecule has 0 aromatic carbocycles. The maximum Gasteiger partial charge on any atom is 0.280 e. The number of methoxy groups -OCH3 is 1. The normalized spacial score (nSPS) is 29.6. The second-order valence-electron chi connectivity index (χ2n) is 9.84. The van der Waals surface area contributed by atoms with Crippen LogP contribution in [0.5, 0.6) is 5.88 Å². The van der Waals surface area contributed by atoms with E-state index >= 15 is 0 Å². The van der Waals surface area contributed by atoms with Crippen LogP contribution in [-0.2, 0) is 28.1 Å². The molecule has 0 radical (unpaired) electrons. The summed E-state index contributed by atoms with van der Waals surface area (Å²) in [4.78, 5) is 39.6. The minimum absolute atomic E-state index is 0.0460. The minimum Gasteiger partial charge on any atom is -0.492 e. The van der Waals surface area contributed by atoms with Crippen molar-refractivity contribution in [3.8, 4) is 5.88 Å². The van der Waals surface area contributed by atoms with Crippen molar-refractivity contribution in [3.63, 3.8) is 0 Å². The number of hydrogen-bond donors (Lipinski definition) is 5. The molecule has 10 atom stereocenters. The molecule has 2 saturated heterocycles. The van der Waals surface area contributed by atoms with Crippen LogP contribution < -0.4 is 11.3 Å². The van der Waals surface area contributed by atoms with Gasteiger partial charge in [0.2, 0.25) is 11.8 Å². The molecule has 6 heterocycles. The highest BCUT2D eigenvalue weighted by molar-refractivity contribution is 7.32. The number of nitrogen functional groups attached to an aromatic ring is 1. The number of ether oxygens (including phenoxy) is 3. The third-order valence-electron chi connectivity index (χ3n) is 7.46. The average Bonchev–Trinajstić information content (AvgIpc) is 3.75. The quantitative estimate of drug-likeness (QED) is 0.0588. The third kappa shape index (κ3) is 5.46. The first-order chi connectivity index (χ1) is 20.9. The highest BCUT2D eigenvalue weighted by Crippen LogP contribution is 2.40. The molecule has 4 aromatic heterocycles. The van der Waals surface area contributed by atoms with Gasteiger partial charge in [0.1, 0.15) is 18.5 Å². The van der Waals surface area contributed by atoms with E-state index in [1.807, 2.05) is 0 Å². The summed E-state index contributed by atoms with van der Waals surface area (Å²) in [5.41, 5.74) is 5.88. The van der Waals surface area contributed by atoms with E-state index in [4.69, 9.17) is 33.9 Å². The molecule has 232 valence electrons. The molecule has 43 heavy (non-hydrogen) atoms. The Morgan fingerprint density at radius 2 is 1.81 bits per heavy atom. The van der Waals surface area contributed by atoms with E-state index in [1.165, 1.54) is 35.2 Å². The number of hydrogen-bond acceptors (Lipinski definition) is 16. The Labute approximate surface area is 245 Å². The first kappa shape index (κ1) is 30.1. The summed E-state index contributed by atoms with van der Waals surface area (Å²) in [5.74, 6) is -0.870. The Balaban J connectivity index is 1.12. The number of aromatic nitrogens is 8. The van der Waals surface area contributed by atoms with Crippen LogP contribution in [0.3, 0.4) is 0 Å². The van der Waals surface area contributed by atoms with Crippen LogP contribution in [0.2, 0.25) is 0 Å². The van der Waals surface area contributed by atoms with E-state index in [9.17, 15) is 20.3 Å². The Hall–Kier alpha value is -2.96. The molecule has 3 unspecified atom stereocenters. The lowest BCUT2D eigenvalue weighted by molar-refractivity contribution is -0.306. The summed E-state index contributed by atoms with van der Waals surface area (Å²) in [7, 11) is 3.51. The molecular weight excluding hydrogens is 612 g/mol. The molecule has 19 nitrogen and oxygen atoms in total. The van der Waals surface area contributed by atoms with Gasteiger partial charge in [0.05, 0.1) is 38.1 Å². The fourth-order valence-electron chi connectivity index (χ4n) is 5.43. The number of aromatic hydroxyl groups is 1. The topological polar surface area (TPSA) is 249 Å². The Kier molecular flexibility index (Phi) is 8.79. The molecule has 6 N–H and O–H groups in total. The number of aliphatic hydroxyl groups is 1. The number of nitrogens with zero attached hydrogens (tertiary/aromatic N) is 7. The SMILES string of the molecule is CO[C@@H]1C(CPOC[C@H]2[C@@H](O)[C@H](n3cnc4c(O)ncnc43)O[C@@H]2COP)O[C@@H](n2cnc3c(=O)[nH]c(N)nc32)[C@@H]1OO. The zero-order chi connectivity index (χ0) is 30.2. The molecule has 0 amide bonds. The number of aromatic amines is 1. The van der Waals surface area contributed by atoms with Crippen LogP contribution in [0.4, 0.5) is 5.95 Å². The van der Waals surface area contributed by atoms with Crippen molar-refractivity contribution in [1.29, 1.82) is 0 Å². The zero-order valence-corrected chi connectivity index (χ0v) is 24.6. The summed E-state index contributed by atoms with van der Waals surface area (Å²) in [5, 5.41) is 30.9. The molecule has 21 heteroatoms. The standard InChI is InChI=1S/C22H29N9O10P2/c1-36-14-10(40-21(15(14)41-35)31-7-27-12-17(31)28-22(23)29-19(12)34)4-43-38-2-8-9(3-37-42)39-20(13(8)32)30-6-26-11-16(30)24-5-25-18(11)33/h5-10,13-15,20-21,32,35,43H,2-4,42H2,1H3,(H,24,25,33)(H3,23,28,29,34)/t8-,9-,10?,13-,14-,15-,20-,21-/m1/s1. The lowest BCUT2D eigenvalue weighted by Crippen LogP contribution is -2.36. The van der Waals surface area contributed by atoms with Gasteiger partial charge in [-0.3, -0.25) is 24.2 Å². The number of rotatable bonds is 11. The Morgan fingerprint density at radius 3 is 2.56 bits per heavy atom. The van der Waals surface area contributed by atoms with E-state index in [0.717, 1.165) is 0 Å². The second-order valence-corrected chi connectivity index (χ2v) is 11.2. The predicted molar refractivity (Wildman–Crippen MR) is 150 cm³/mol. The van der Waals surface area contributed by atoms with E-state index in [1.54, 1.807) is 0 Å². The second kappa shape index (κ2) is 12.6. The van der Waals surface area contributed by atoms with Crippen LogP contribution in [0.15, 0.2) is 23.8 Å². The van der Waals surface area contributed by atoms with Gasteiger partial charge < -0.3 is 39.2 Å². The number of fused-ring (bicyclic) bond motifs is 2. The van der Waals surface area contributed by atoms with Gasteiger partial charge in [0, 0.05) is 37.5 Å². The highest BCUT2D eigenvalue weighted by atomic mass is 31.1. The average molecular weight is 641 g/mol. The number of aliphatic hydroxyl groups excluding tert-OH is 1. The summed E-state index contributed by atoms with van der Waals surface area (Å²) in [6.07, 6.45) is -1.33. The zero-order valence-electron chi connectivity index (χ0n) is 22.5. The van der Waals surface area contributed by atoms with Gasteiger partial charge in [-0.2, -0.15) is 9.97 Å². The van der Waals surface area contributed by atoms with E-state index in [2.05, 4.69) is 39.4 Å². The smallest absolute Gasteiger partial charge is 0.280 e. The Morgan fingerprint density at radius 1 is 1.07 bits per heavy atom. The molecular formula is C22H29N9O10P2. The Bertz CT molecular complexity index is 1640. The summed E-state index contributed by atoms with van der Waals surface area (Å²) < 4.78 is 32.1. The van der Waals surface area contributed by atoms with Gasteiger partial charge in [-0.1, -0.05) is 0 Å². The van der Waals surface area contributed by atoms with Crippen molar-refractivity contribution in [2.24, 2.45) is 5.92 Å². The molecule has 0 bridgehead atoms. The molecule has 0 aliphatic carbocycles. The lowest BCUT2D eigenvalue weighted by atomic mass is 9.99. The van der Waals surface area contributed by atoms with Crippen molar-refractivity contribution in [1.82, 2.24) is 39.0 Å². The van der Waals surface area contributed by atoms with E-state index < -0.39 is 54.5 Å². The van der Waals surface area contributed by atoms with Crippen molar-refractivity contribution < 1.29 is 43.6 Å². The summed E-state index contributed by atoms with van der Waals surface area (Å²) >= 11 is 0. The minimum atomic E-state index is -1.02.